The lowest BCUT2D eigenvalue weighted by Crippen LogP contribution is -2.42. The fraction of sp³-hybridized carbons (Fsp3) is 0.217. The van der Waals surface area contributed by atoms with Crippen LogP contribution in [-0.4, -0.2) is 37.4 Å². The van der Waals surface area contributed by atoms with E-state index in [-0.39, 0.29) is 12.6 Å². The fourth-order valence-corrected chi connectivity index (χ4v) is 3.37. The van der Waals surface area contributed by atoms with Gasteiger partial charge < -0.3 is 15.5 Å². The summed E-state index contributed by atoms with van der Waals surface area (Å²) in [4.78, 5) is 26.5. The van der Waals surface area contributed by atoms with Crippen LogP contribution in [-0.2, 0) is 16.1 Å². The van der Waals surface area contributed by atoms with E-state index in [1.807, 2.05) is 49.3 Å². The number of carbonyl (C=O) groups excluding carboxylic acids is 2. The zero-order valence-corrected chi connectivity index (χ0v) is 17.2. The minimum atomic E-state index is -0.657. The Morgan fingerprint density at radius 3 is 2.28 bits per heavy atom. The molecule has 0 radical (unpaired) electrons. The van der Waals surface area contributed by atoms with Crippen LogP contribution >= 0.6 is 11.6 Å². The Morgan fingerprint density at radius 2 is 1.55 bits per heavy atom. The summed E-state index contributed by atoms with van der Waals surface area (Å²) in [5.74, 6) is -1.30. The second-order valence-electron chi connectivity index (χ2n) is 7.07. The van der Waals surface area contributed by atoms with E-state index in [1.54, 1.807) is 12.1 Å². The normalized spacial score (nSPS) is 12.0. The number of halogens is 1. The van der Waals surface area contributed by atoms with E-state index in [1.165, 1.54) is 0 Å². The first kappa shape index (κ1) is 20.8. The van der Waals surface area contributed by atoms with Crippen molar-refractivity contribution in [3.05, 3.63) is 82.9 Å². The molecule has 0 aliphatic heterocycles. The monoisotopic (exact) mass is 409 g/mol. The summed E-state index contributed by atoms with van der Waals surface area (Å²) < 4.78 is 0. The molecular formula is C23H24ClN3O2. The third kappa shape index (κ3) is 5.34. The summed E-state index contributed by atoms with van der Waals surface area (Å²) >= 11 is 5.85. The zero-order valence-electron chi connectivity index (χ0n) is 16.5. The number of amides is 2. The van der Waals surface area contributed by atoms with Gasteiger partial charge >= 0.3 is 11.8 Å². The number of carbonyl (C=O) groups is 2. The van der Waals surface area contributed by atoms with Gasteiger partial charge in [0.25, 0.3) is 0 Å². The molecule has 0 saturated heterocycles. The largest absolute Gasteiger partial charge is 0.346 e. The van der Waals surface area contributed by atoms with E-state index in [0.717, 1.165) is 21.9 Å². The SMILES string of the molecule is CN(C)[C@H](CNC(=O)C(=O)NCc1ccc(Cl)cc1)c1cccc2ccccc12. The Balaban J connectivity index is 1.63. The van der Waals surface area contributed by atoms with Gasteiger partial charge in [-0.1, -0.05) is 66.2 Å². The fourth-order valence-electron chi connectivity index (χ4n) is 3.25. The number of rotatable bonds is 6. The van der Waals surface area contributed by atoms with E-state index in [4.69, 9.17) is 11.6 Å². The van der Waals surface area contributed by atoms with Gasteiger partial charge in [0.1, 0.15) is 0 Å². The van der Waals surface area contributed by atoms with Crippen LogP contribution in [0.5, 0.6) is 0 Å². The highest BCUT2D eigenvalue weighted by molar-refractivity contribution is 6.35. The van der Waals surface area contributed by atoms with Crippen molar-refractivity contribution in [3.8, 4) is 0 Å². The molecule has 0 aliphatic carbocycles. The van der Waals surface area contributed by atoms with Crippen molar-refractivity contribution in [2.75, 3.05) is 20.6 Å². The van der Waals surface area contributed by atoms with Crippen LogP contribution in [0.3, 0.4) is 0 Å². The first-order valence-corrected chi connectivity index (χ1v) is 9.78. The number of likely N-dealkylation sites (N-methyl/N-ethyl adjacent to an activating group) is 1. The molecule has 3 aromatic rings. The molecule has 1 atom stereocenters. The molecule has 0 bridgehead atoms. The molecule has 0 aromatic heterocycles. The van der Waals surface area contributed by atoms with Crippen molar-refractivity contribution in [3.63, 3.8) is 0 Å². The lowest BCUT2D eigenvalue weighted by atomic mass is 9.98. The highest BCUT2D eigenvalue weighted by atomic mass is 35.5. The van der Waals surface area contributed by atoms with Gasteiger partial charge in [0.2, 0.25) is 0 Å². The van der Waals surface area contributed by atoms with E-state index < -0.39 is 11.8 Å². The number of nitrogens with zero attached hydrogens (tertiary/aromatic N) is 1. The first-order valence-electron chi connectivity index (χ1n) is 9.40. The van der Waals surface area contributed by atoms with Gasteiger partial charge in [-0.3, -0.25) is 9.59 Å². The van der Waals surface area contributed by atoms with E-state index in [9.17, 15) is 9.59 Å². The maximum atomic E-state index is 12.3. The molecule has 29 heavy (non-hydrogen) atoms. The van der Waals surface area contributed by atoms with Crippen LogP contribution in [0.4, 0.5) is 0 Å². The molecule has 5 nitrogen and oxygen atoms in total. The lowest BCUT2D eigenvalue weighted by molar-refractivity contribution is -0.139. The van der Waals surface area contributed by atoms with Gasteiger partial charge in [-0.25, -0.2) is 0 Å². The van der Waals surface area contributed by atoms with Crippen LogP contribution in [0.15, 0.2) is 66.7 Å². The summed E-state index contributed by atoms with van der Waals surface area (Å²) in [6.45, 7) is 0.595. The van der Waals surface area contributed by atoms with Crippen molar-refractivity contribution in [2.24, 2.45) is 0 Å². The van der Waals surface area contributed by atoms with Gasteiger partial charge in [-0.05, 0) is 48.1 Å². The second-order valence-corrected chi connectivity index (χ2v) is 7.50. The van der Waals surface area contributed by atoms with E-state index in [0.29, 0.717) is 11.6 Å². The number of benzene rings is 3. The summed E-state index contributed by atoms with van der Waals surface area (Å²) in [6.07, 6.45) is 0. The molecule has 0 unspecified atom stereocenters. The maximum absolute atomic E-state index is 12.3. The predicted molar refractivity (Wildman–Crippen MR) is 117 cm³/mol. The maximum Gasteiger partial charge on any atom is 0.309 e. The molecule has 3 aromatic carbocycles. The van der Waals surface area contributed by atoms with Crippen molar-refractivity contribution in [1.29, 1.82) is 0 Å². The molecule has 0 saturated carbocycles. The number of hydrogen-bond donors (Lipinski definition) is 2. The Hall–Kier alpha value is -2.89. The van der Waals surface area contributed by atoms with Gasteiger partial charge in [0.05, 0.1) is 6.04 Å². The summed E-state index contributed by atoms with van der Waals surface area (Å²) in [5, 5.41) is 8.29. The van der Waals surface area contributed by atoms with E-state index >= 15 is 0 Å². The topological polar surface area (TPSA) is 61.4 Å². The highest BCUT2D eigenvalue weighted by Crippen LogP contribution is 2.26. The minimum absolute atomic E-state index is 0.0610. The molecule has 2 amide bonds. The molecule has 0 fully saturated rings. The quantitative estimate of drug-likeness (QED) is 0.612. The molecule has 0 spiro atoms. The van der Waals surface area contributed by atoms with Crippen molar-refractivity contribution in [2.45, 2.75) is 12.6 Å². The Kier molecular flexibility index (Phi) is 6.86. The molecule has 0 aliphatic rings. The van der Waals surface area contributed by atoms with Crippen molar-refractivity contribution in [1.82, 2.24) is 15.5 Å². The molecule has 6 heteroatoms. The molecular weight excluding hydrogens is 386 g/mol. The molecule has 0 heterocycles. The predicted octanol–water partition coefficient (Wildman–Crippen LogP) is 3.53. The summed E-state index contributed by atoms with van der Waals surface area (Å²) in [5.41, 5.74) is 1.98. The minimum Gasteiger partial charge on any atom is -0.346 e. The van der Waals surface area contributed by atoms with Gasteiger partial charge in [-0.2, -0.15) is 0 Å². The third-order valence-corrected chi connectivity index (χ3v) is 5.09. The second kappa shape index (κ2) is 9.54. The number of fused-ring (bicyclic) bond motifs is 1. The number of hydrogen-bond acceptors (Lipinski definition) is 3. The standard InChI is InChI=1S/C23H24ClN3O2/c1-27(2)21(20-9-5-7-17-6-3-4-8-19(17)20)15-26-23(29)22(28)25-14-16-10-12-18(24)13-11-16/h3-13,21H,14-15H2,1-2H3,(H,25,28)(H,26,29)/t21-/m1/s1. The van der Waals surface area contributed by atoms with Gasteiger partial charge in [0, 0.05) is 18.1 Å². The molecule has 3 rings (SSSR count). The van der Waals surface area contributed by atoms with Crippen LogP contribution in [0.1, 0.15) is 17.2 Å². The Labute approximate surface area is 175 Å². The van der Waals surface area contributed by atoms with Crippen LogP contribution in [0.25, 0.3) is 10.8 Å². The van der Waals surface area contributed by atoms with Crippen molar-refractivity contribution >= 4 is 34.2 Å². The smallest absolute Gasteiger partial charge is 0.309 e. The Bertz CT molecular complexity index is 997. The highest BCUT2D eigenvalue weighted by Gasteiger charge is 2.20. The average molecular weight is 410 g/mol. The van der Waals surface area contributed by atoms with Gasteiger partial charge in [0.15, 0.2) is 0 Å². The zero-order chi connectivity index (χ0) is 20.8. The number of nitrogens with one attached hydrogen (secondary N) is 2. The van der Waals surface area contributed by atoms with E-state index in [2.05, 4.69) is 34.9 Å². The molecule has 150 valence electrons. The third-order valence-electron chi connectivity index (χ3n) is 4.83. The summed E-state index contributed by atoms with van der Waals surface area (Å²) in [7, 11) is 3.92. The van der Waals surface area contributed by atoms with Gasteiger partial charge in [-0.15, -0.1) is 0 Å². The molecule has 2 N–H and O–H groups in total. The average Bonchev–Trinajstić information content (AvgIpc) is 2.73. The van der Waals surface area contributed by atoms with Crippen LogP contribution in [0.2, 0.25) is 5.02 Å². The van der Waals surface area contributed by atoms with Crippen LogP contribution in [0, 0.1) is 0 Å². The summed E-state index contributed by atoms with van der Waals surface area (Å²) in [6, 6.07) is 21.3. The van der Waals surface area contributed by atoms with Crippen LogP contribution < -0.4 is 10.6 Å². The Morgan fingerprint density at radius 1 is 0.897 bits per heavy atom. The first-order chi connectivity index (χ1) is 14.0. The lowest BCUT2D eigenvalue weighted by Gasteiger charge is -2.26. The van der Waals surface area contributed by atoms with Crippen molar-refractivity contribution < 1.29 is 9.59 Å².